The summed E-state index contributed by atoms with van der Waals surface area (Å²) in [6.07, 6.45) is 2.48. The molecule has 0 aliphatic heterocycles. The average molecular weight is 196 g/mol. The van der Waals surface area contributed by atoms with Crippen molar-refractivity contribution in [3.8, 4) is 0 Å². The van der Waals surface area contributed by atoms with Crippen LogP contribution in [0.2, 0.25) is 5.02 Å². The van der Waals surface area contributed by atoms with Gasteiger partial charge in [-0.05, 0) is 30.7 Å². The standard InChI is InChI=1S/C9H10ClN3/c1-7-6-8(10)2-3-9(7)13-12-5-4-11/h2-6,11,13H,1H3/b11-4?,12-5-. The smallest absolute Gasteiger partial charge is 0.0648 e. The van der Waals surface area contributed by atoms with Crippen molar-refractivity contribution in [2.75, 3.05) is 5.43 Å². The second-order valence-corrected chi connectivity index (χ2v) is 2.95. The number of hydrogen-bond acceptors (Lipinski definition) is 3. The zero-order valence-electron chi connectivity index (χ0n) is 7.21. The van der Waals surface area contributed by atoms with E-state index in [2.05, 4.69) is 10.5 Å². The lowest BCUT2D eigenvalue weighted by Gasteiger charge is -2.03. The van der Waals surface area contributed by atoms with E-state index in [1.165, 1.54) is 6.21 Å². The molecular formula is C9H10ClN3. The second kappa shape index (κ2) is 4.62. The van der Waals surface area contributed by atoms with Gasteiger partial charge in [-0.25, -0.2) is 0 Å². The van der Waals surface area contributed by atoms with Gasteiger partial charge >= 0.3 is 0 Å². The third kappa shape index (κ3) is 2.87. The van der Waals surface area contributed by atoms with Crippen molar-refractivity contribution in [3.63, 3.8) is 0 Å². The molecule has 0 saturated heterocycles. The SMILES string of the molecule is Cc1cc(Cl)ccc1N/N=C\C=N. The minimum atomic E-state index is 0.707. The Balaban J connectivity index is 2.77. The van der Waals surface area contributed by atoms with Gasteiger partial charge in [-0.2, -0.15) is 5.10 Å². The van der Waals surface area contributed by atoms with Crippen LogP contribution in [0.1, 0.15) is 5.56 Å². The van der Waals surface area contributed by atoms with Crippen LogP contribution in [0.3, 0.4) is 0 Å². The van der Waals surface area contributed by atoms with Gasteiger partial charge in [0, 0.05) is 11.2 Å². The van der Waals surface area contributed by atoms with Crippen molar-refractivity contribution in [2.45, 2.75) is 6.92 Å². The van der Waals surface area contributed by atoms with Gasteiger partial charge in [0.1, 0.15) is 0 Å². The molecule has 2 N–H and O–H groups in total. The number of anilines is 1. The van der Waals surface area contributed by atoms with Crippen molar-refractivity contribution in [1.82, 2.24) is 0 Å². The topological polar surface area (TPSA) is 48.2 Å². The van der Waals surface area contributed by atoms with Crippen LogP contribution in [-0.2, 0) is 0 Å². The van der Waals surface area contributed by atoms with Gasteiger partial charge in [0.15, 0.2) is 0 Å². The van der Waals surface area contributed by atoms with Crippen molar-refractivity contribution in [3.05, 3.63) is 28.8 Å². The van der Waals surface area contributed by atoms with E-state index in [1.54, 1.807) is 6.07 Å². The highest BCUT2D eigenvalue weighted by Crippen LogP contribution is 2.19. The molecule has 0 saturated carbocycles. The van der Waals surface area contributed by atoms with Crippen LogP contribution in [0.5, 0.6) is 0 Å². The average Bonchev–Trinajstić information content (AvgIpc) is 2.09. The van der Waals surface area contributed by atoms with E-state index < -0.39 is 0 Å². The molecule has 0 heterocycles. The predicted molar refractivity (Wildman–Crippen MR) is 57.1 cm³/mol. The molecule has 0 radical (unpaired) electrons. The third-order valence-corrected chi connectivity index (χ3v) is 1.76. The summed E-state index contributed by atoms with van der Waals surface area (Å²) < 4.78 is 0. The number of hydrogen-bond donors (Lipinski definition) is 2. The van der Waals surface area contributed by atoms with Gasteiger partial charge in [-0.3, -0.25) is 5.43 Å². The number of rotatable bonds is 3. The molecule has 0 amide bonds. The summed E-state index contributed by atoms with van der Waals surface area (Å²) in [5.41, 5.74) is 4.71. The van der Waals surface area contributed by atoms with E-state index in [-0.39, 0.29) is 0 Å². The molecule has 0 unspecified atom stereocenters. The first-order valence-corrected chi connectivity index (χ1v) is 4.16. The molecule has 0 spiro atoms. The van der Waals surface area contributed by atoms with Crippen molar-refractivity contribution < 1.29 is 0 Å². The Kier molecular flexibility index (Phi) is 3.46. The van der Waals surface area contributed by atoms with Gasteiger partial charge in [0.05, 0.1) is 11.9 Å². The Morgan fingerprint density at radius 3 is 2.92 bits per heavy atom. The quantitative estimate of drug-likeness (QED) is 0.566. The first kappa shape index (κ1) is 9.74. The Morgan fingerprint density at radius 2 is 2.31 bits per heavy atom. The normalized spacial score (nSPS) is 10.3. The molecule has 4 heteroatoms. The number of hydrazone groups is 1. The molecule has 0 aromatic heterocycles. The highest BCUT2D eigenvalue weighted by Gasteiger charge is 1.95. The van der Waals surface area contributed by atoms with E-state index in [9.17, 15) is 0 Å². The third-order valence-electron chi connectivity index (χ3n) is 1.52. The van der Waals surface area contributed by atoms with Gasteiger partial charge in [-0.15, -0.1) is 0 Å². The summed E-state index contributed by atoms with van der Waals surface area (Å²) in [7, 11) is 0. The lowest BCUT2D eigenvalue weighted by Crippen LogP contribution is -1.92. The molecule has 68 valence electrons. The van der Waals surface area contributed by atoms with Gasteiger partial charge in [0.2, 0.25) is 0 Å². The molecule has 0 fully saturated rings. The number of halogens is 1. The molecule has 0 aliphatic carbocycles. The van der Waals surface area contributed by atoms with E-state index in [4.69, 9.17) is 17.0 Å². The minimum Gasteiger partial charge on any atom is -0.307 e. The fraction of sp³-hybridized carbons (Fsp3) is 0.111. The van der Waals surface area contributed by atoms with E-state index in [0.29, 0.717) is 5.02 Å². The molecule has 1 aromatic rings. The molecule has 1 rings (SSSR count). The molecule has 0 aliphatic rings. The molecule has 0 atom stereocenters. The maximum Gasteiger partial charge on any atom is 0.0648 e. The maximum atomic E-state index is 6.72. The van der Waals surface area contributed by atoms with Crippen LogP contribution >= 0.6 is 11.6 Å². The summed E-state index contributed by atoms with van der Waals surface area (Å²) in [6, 6.07) is 5.49. The van der Waals surface area contributed by atoms with E-state index >= 15 is 0 Å². The van der Waals surface area contributed by atoms with Gasteiger partial charge in [0.25, 0.3) is 0 Å². The van der Waals surface area contributed by atoms with Crippen LogP contribution < -0.4 is 5.43 Å². The summed E-state index contributed by atoms with van der Waals surface area (Å²) in [5, 5.41) is 11.2. The first-order chi connectivity index (χ1) is 6.24. The van der Waals surface area contributed by atoms with Crippen molar-refractivity contribution in [1.29, 1.82) is 5.41 Å². The largest absolute Gasteiger partial charge is 0.307 e. The number of aryl methyl sites for hydroxylation is 1. The van der Waals surface area contributed by atoms with Crippen LogP contribution in [0.25, 0.3) is 0 Å². The molecule has 3 nitrogen and oxygen atoms in total. The zero-order chi connectivity index (χ0) is 9.68. The Morgan fingerprint density at radius 1 is 1.54 bits per heavy atom. The highest BCUT2D eigenvalue weighted by atomic mass is 35.5. The van der Waals surface area contributed by atoms with Gasteiger partial charge < -0.3 is 5.41 Å². The van der Waals surface area contributed by atoms with Crippen LogP contribution in [0.15, 0.2) is 23.3 Å². The zero-order valence-corrected chi connectivity index (χ0v) is 7.97. The Hall–Kier alpha value is -1.35. The van der Waals surface area contributed by atoms with E-state index in [0.717, 1.165) is 17.5 Å². The number of nitrogens with one attached hydrogen (secondary N) is 2. The minimum absolute atomic E-state index is 0.707. The Labute approximate surface area is 81.9 Å². The summed E-state index contributed by atoms with van der Waals surface area (Å²) in [6.45, 7) is 1.94. The summed E-state index contributed by atoms with van der Waals surface area (Å²) >= 11 is 5.78. The summed E-state index contributed by atoms with van der Waals surface area (Å²) in [4.78, 5) is 0. The maximum absolute atomic E-state index is 6.72. The fourth-order valence-electron chi connectivity index (χ4n) is 0.897. The monoisotopic (exact) mass is 195 g/mol. The van der Waals surface area contributed by atoms with E-state index in [1.807, 2.05) is 19.1 Å². The first-order valence-electron chi connectivity index (χ1n) is 3.78. The van der Waals surface area contributed by atoms with Crippen LogP contribution in [-0.4, -0.2) is 12.4 Å². The second-order valence-electron chi connectivity index (χ2n) is 2.52. The number of benzene rings is 1. The van der Waals surface area contributed by atoms with Crippen LogP contribution in [0, 0.1) is 12.3 Å². The summed E-state index contributed by atoms with van der Waals surface area (Å²) in [5.74, 6) is 0. The van der Waals surface area contributed by atoms with Gasteiger partial charge in [-0.1, -0.05) is 11.6 Å². The lowest BCUT2D eigenvalue weighted by molar-refractivity contribution is 1.31. The lowest BCUT2D eigenvalue weighted by atomic mass is 10.2. The van der Waals surface area contributed by atoms with Crippen molar-refractivity contribution in [2.24, 2.45) is 5.10 Å². The van der Waals surface area contributed by atoms with Crippen LogP contribution in [0.4, 0.5) is 5.69 Å². The van der Waals surface area contributed by atoms with Crippen molar-refractivity contribution >= 4 is 29.7 Å². The molecule has 1 aromatic carbocycles. The fourth-order valence-corrected chi connectivity index (χ4v) is 1.12. The molecular weight excluding hydrogens is 186 g/mol. The molecule has 0 bridgehead atoms. The number of nitrogens with zero attached hydrogens (tertiary/aromatic N) is 1. The predicted octanol–water partition coefficient (Wildman–Crippen LogP) is 2.70. The highest BCUT2D eigenvalue weighted by molar-refractivity contribution is 6.30. The Bertz CT molecular complexity index is 334. The molecule has 13 heavy (non-hydrogen) atoms.